The molecule has 1 amide bonds. The number of carboxylic acids is 1. The summed E-state index contributed by atoms with van der Waals surface area (Å²) >= 11 is 0. The first kappa shape index (κ1) is 19.5. The van der Waals surface area contributed by atoms with Crippen molar-refractivity contribution in [1.82, 2.24) is 19.9 Å². The molecule has 2 aromatic heterocycles. The zero-order chi connectivity index (χ0) is 20.3. The van der Waals surface area contributed by atoms with E-state index in [9.17, 15) is 18.0 Å². The summed E-state index contributed by atoms with van der Waals surface area (Å²) < 4.78 is 31.7. The zero-order valence-electron chi connectivity index (χ0n) is 14.3. The molecule has 9 nitrogen and oxygen atoms in total. The largest absolute Gasteiger partial charge is 0.490 e. The molecule has 0 radical (unpaired) electrons. The van der Waals surface area contributed by atoms with Crippen LogP contribution in [0.15, 0.2) is 37.2 Å². The number of rotatable bonds is 2. The van der Waals surface area contributed by atoms with Crippen molar-refractivity contribution in [2.24, 2.45) is 11.8 Å². The fourth-order valence-electron chi connectivity index (χ4n) is 3.14. The maximum atomic E-state index is 12.6. The second-order valence-corrected chi connectivity index (χ2v) is 6.17. The van der Waals surface area contributed by atoms with Crippen LogP contribution in [-0.2, 0) is 9.59 Å². The molecule has 12 heteroatoms. The van der Waals surface area contributed by atoms with Gasteiger partial charge in [0.1, 0.15) is 6.33 Å². The molecular formula is C16H15F3N6O3. The molecule has 0 spiro atoms. The van der Waals surface area contributed by atoms with Crippen molar-refractivity contribution in [3.8, 4) is 0 Å². The molecule has 0 bridgehead atoms. The highest BCUT2D eigenvalue weighted by Gasteiger charge is 2.47. The summed E-state index contributed by atoms with van der Waals surface area (Å²) in [5, 5.41) is 7.12. The number of carbonyl (C=O) groups is 2. The lowest BCUT2D eigenvalue weighted by Crippen LogP contribution is -2.33. The van der Waals surface area contributed by atoms with Crippen molar-refractivity contribution in [1.29, 1.82) is 0 Å². The van der Waals surface area contributed by atoms with Crippen molar-refractivity contribution in [3.63, 3.8) is 0 Å². The van der Waals surface area contributed by atoms with Crippen LogP contribution in [0.4, 0.5) is 24.8 Å². The van der Waals surface area contributed by atoms with Gasteiger partial charge in [-0.3, -0.25) is 4.79 Å². The minimum atomic E-state index is -5.08. The van der Waals surface area contributed by atoms with Crippen LogP contribution in [0, 0.1) is 11.8 Å². The van der Waals surface area contributed by atoms with Gasteiger partial charge in [0, 0.05) is 37.9 Å². The number of fused-ring (bicyclic) bond motifs is 1. The normalized spacial score (nSPS) is 21.2. The Kier molecular flexibility index (Phi) is 5.38. The van der Waals surface area contributed by atoms with E-state index in [0.717, 1.165) is 12.2 Å². The van der Waals surface area contributed by atoms with E-state index >= 15 is 0 Å². The lowest BCUT2D eigenvalue weighted by atomic mass is 10.0. The molecule has 28 heavy (non-hydrogen) atoms. The number of aromatic nitrogens is 4. The van der Waals surface area contributed by atoms with Gasteiger partial charge < -0.3 is 14.9 Å². The van der Waals surface area contributed by atoms with Gasteiger partial charge >= 0.3 is 12.1 Å². The fraction of sp³-hybridized carbons (Fsp3) is 0.375. The van der Waals surface area contributed by atoms with Crippen molar-refractivity contribution < 1.29 is 27.9 Å². The standard InChI is InChI=1S/C14H14N6O.C2HF3O2/c21-13-12-8-19(14-17-2-1-3-18-14)6-10(12)7-20(13)11-4-15-9-16-5-11;3-2(4,5)1(6)7/h1-5,9-10,12H,6-8H2;(H,6,7)/t10-,12-;/m0./s1. The predicted octanol–water partition coefficient (Wildman–Crippen LogP) is 0.999. The third-order valence-corrected chi connectivity index (χ3v) is 4.38. The number of amides is 1. The van der Waals surface area contributed by atoms with Crippen LogP contribution in [0.5, 0.6) is 0 Å². The van der Waals surface area contributed by atoms with E-state index in [1.54, 1.807) is 35.8 Å². The average molecular weight is 396 g/mol. The molecule has 148 valence electrons. The summed E-state index contributed by atoms with van der Waals surface area (Å²) in [6, 6.07) is 1.79. The highest BCUT2D eigenvalue weighted by atomic mass is 19.4. The Morgan fingerprint density at radius 2 is 1.71 bits per heavy atom. The molecule has 0 aliphatic carbocycles. The van der Waals surface area contributed by atoms with Crippen molar-refractivity contribution >= 4 is 23.5 Å². The molecule has 2 fully saturated rings. The Bertz CT molecular complexity index is 837. The molecule has 0 saturated carbocycles. The molecule has 2 atom stereocenters. The smallest absolute Gasteiger partial charge is 0.475 e. The minimum Gasteiger partial charge on any atom is -0.475 e. The lowest BCUT2D eigenvalue weighted by Gasteiger charge is -2.21. The lowest BCUT2D eigenvalue weighted by molar-refractivity contribution is -0.192. The molecule has 2 aliphatic rings. The highest BCUT2D eigenvalue weighted by Crippen LogP contribution is 2.35. The van der Waals surface area contributed by atoms with E-state index in [0.29, 0.717) is 25.0 Å². The van der Waals surface area contributed by atoms with Gasteiger partial charge in [-0.1, -0.05) is 0 Å². The number of anilines is 2. The van der Waals surface area contributed by atoms with E-state index < -0.39 is 12.1 Å². The summed E-state index contributed by atoms with van der Waals surface area (Å²) in [5.74, 6) is -1.59. The molecule has 1 N–H and O–H groups in total. The molecule has 2 aliphatic heterocycles. The van der Waals surface area contributed by atoms with Gasteiger partial charge in [-0.05, 0) is 6.07 Å². The van der Waals surface area contributed by atoms with Crippen molar-refractivity contribution in [3.05, 3.63) is 37.2 Å². The molecule has 0 unspecified atom stereocenters. The van der Waals surface area contributed by atoms with Gasteiger partial charge in [0.25, 0.3) is 0 Å². The maximum absolute atomic E-state index is 12.6. The van der Waals surface area contributed by atoms with Gasteiger partial charge in [0.2, 0.25) is 11.9 Å². The molecule has 0 aromatic carbocycles. The van der Waals surface area contributed by atoms with Gasteiger partial charge in [0.05, 0.1) is 24.0 Å². The zero-order valence-corrected chi connectivity index (χ0v) is 14.3. The summed E-state index contributed by atoms with van der Waals surface area (Å²) in [4.78, 5) is 41.8. The van der Waals surface area contributed by atoms with E-state index in [4.69, 9.17) is 9.90 Å². The maximum Gasteiger partial charge on any atom is 0.490 e. The molecule has 2 aromatic rings. The van der Waals surface area contributed by atoms with Crippen LogP contribution in [0.25, 0.3) is 0 Å². The van der Waals surface area contributed by atoms with E-state index in [-0.39, 0.29) is 11.8 Å². The van der Waals surface area contributed by atoms with Gasteiger partial charge in [0.15, 0.2) is 0 Å². The summed E-state index contributed by atoms with van der Waals surface area (Å²) in [6.45, 7) is 2.20. The van der Waals surface area contributed by atoms with E-state index in [2.05, 4.69) is 24.8 Å². The fourth-order valence-corrected chi connectivity index (χ4v) is 3.14. The Morgan fingerprint density at radius 1 is 1.11 bits per heavy atom. The van der Waals surface area contributed by atoms with Gasteiger partial charge in [-0.15, -0.1) is 0 Å². The third-order valence-electron chi connectivity index (χ3n) is 4.38. The minimum absolute atomic E-state index is 0.00834. The second kappa shape index (κ2) is 7.74. The summed E-state index contributed by atoms with van der Waals surface area (Å²) in [7, 11) is 0. The van der Waals surface area contributed by atoms with Crippen LogP contribution in [0.2, 0.25) is 0 Å². The van der Waals surface area contributed by atoms with Crippen LogP contribution in [0.1, 0.15) is 0 Å². The summed E-state index contributed by atoms with van der Waals surface area (Å²) in [5.41, 5.74) is 0.777. The topological polar surface area (TPSA) is 112 Å². The van der Waals surface area contributed by atoms with Crippen LogP contribution < -0.4 is 9.80 Å². The number of nitrogens with zero attached hydrogens (tertiary/aromatic N) is 6. The highest BCUT2D eigenvalue weighted by molar-refractivity contribution is 5.98. The first-order chi connectivity index (χ1) is 13.3. The van der Waals surface area contributed by atoms with Crippen molar-refractivity contribution in [2.45, 2.75) is 6.18 Å². The SMILES string of the molecule is O=C(O)C(F)(F)F.O=C1[C@H]2CN(c3ncccn3)C[C@H]2CN1c1cncnc1. The Labute approximate surface area is 156 Å². The number of halogens is 3. The number of aliphatic carboxylic acids is 1. The van der Waals surface area contributed by atoms with E-state index in [1.165, 1.54) is 6.33 Å². The number of carboxylic acid groups (broad SMARTS) is 1. The van der Waals surface area contributed by atoms with Crippen LogP contribution in [-0.4, -0.2) is 62.7 Å². The molecular weight excluding hydrogens is 381 g/mol. The molecule has 4 heterocycles. The predicted molar refractivity (Wildman–Crippen MR) is 89.3 cm³/mol. The second-order valence-electron chi connectivity index (χ2n) is 6.17. The van der Waals surface area contributed by atoms with Crippen molar-refractivity contribution in [2.75, 3.05) is 29.4 Å². The van der Waals surface area contributed by atoms with Crippen LogP contribution in [0.3, 0.4) is 0 Å². The van der Waals surface area contributed by atoms with Gasteiger partial charge in [-0.25, -0.2) is 24.7 Å². The van der Waals surface area contributed by atoms with Gasteiger partial charge in [-0.2, -0.15) is 13.2 Å². The summed E-state index contributed by atoms with van der Waals surface area (Å²) in [6.07, 6.45) is 3.21. The monoisotopic (exact) mass is 396 g/mol. The molecule has 4 rings (SSSR count). The Balaban J connectivity index is 0.000000279. The molecule has 2 saturated heterocycles. The number of hydrogen-bond acceptors (Lipinski definition) is 7. The Morgan fingerprint density at radius 3 is 2.25 bits per heavy atom. The van der Waals surface area contributed by atoms with Crippen LogP contribution >= 0.6 is 0 Å². The number of carbonyl (C=O) groups excluding carboxylic acids is 1. The quantitative estimate of drug-likeness (QED) is 0.800. The number of alkyl halides is 3. The third kappa shape index (κ3) is 4.15. The number of hydrogen-bond donors (Lipinski definition) is 1. The first-order valence-corrected chi connectivity index (χ1v) is 8.16. The first-order valence-electron chi connectivity index (χ1n) is 8.16. The Hall–Kier alpha value is -3.31. The average Bonchev–Trinajstić information content (AvgIpc) is 3.23. The van der Waals surface area contributed by atoms with E-state index in [1.807, 2.05) is 0 Å².